The lowest BCUT2D eigenvalue weighted by Crippen LogP contribution is -2.27. The first-order chi connectivity index (χ1) is 14.0. The summed E-state index contributed by atoms with van der Waals surface area (Å²) in [7, 11) is 1.83. The maximum atomic E-state index is 13.0. The van der Waals surface area contributed by atoms with Crippen molar-refractivity contribution in [2.24, 2.45) is 7.05 Å². The van der Waals surface area contributed by atoms with Gasteiger partial charge in [-0.15, -0.1) is 10.2 Å². The van der Waals surface area contributed by atoms with Gasteiger partial charge in [-0.1, -0.05) is 42.1 Å². The summed E-state index contributed by atoms with van der Waals surface area (Å²) in [4.78, 5) is 12.1. The minimum Gasteiger partial charge on any atom is -0.483 e. The summed E-state index contributed by atoms with van der Waals surface area (Å²) in [5, 5.41) is 11.9. The molecule has 0 spiro atoms. The van der Waals surface area contributed by atoms with Gasteiger partial charge in [0.2, 0.25) is 5.91 Å². The van der Waals surface area contributed by atoms with E-state index in [1.165, 1.54) is 29.5 Å². The number of aromatic nitrogens is 3. The Hall–Kier alpha value is -2.87. The van der Waals surface area contributed by atoms with Gasteiger partial charge in [-0.25, -0.2) is 4.39 Å². The van der Waals surface area contributed by atoms with Crippen molar-refractivity contribution in [1.82, 2.24) is 20.1 Å². The van der Waals surface area contributed by atoms with Crippen LogP contribution in [0.3, 0.4) is 0 Å². The number of benzene rings is 2. The molecule has 0 aliphatic rings. The molecule has 1 N–H and O–H groups in total. The minimum atomic E-state index is -0.369. The van der Waals surface area contributed by atoms with E-state index in [0.29, 0.717) is 23.3 Å². The van der Waals surface area contributed by atoms with Gasteiger partial charge in [0.1, 0.15) is 11.6 Å². The number of nitrogens with zero attached hydrogens (tertiary/aromatic N) is 3. The number of hydrogen-bond acceptors (Lipinski definition) is 5. The molecule has 0 saturated heterocycles. The Bertz CT molecular complexity index is 932. The third kappa shape index (κ3) is 6.05. The molecule has 0 fully saturated rings. The van der Waals surface area contributed by atoms with Crippen LogP contribution in [0.25, 0.3) is 0 Å². The quantitative estimate of drug-likeness (QED) is 0.543. The fourth-order valence-corrected chi connectivity index (χ4v) is 3.50. The van der Waals surface area contributed by atoms with E-state index in [4.69, 9.17) is 4.74 Å². The van der Waals surface area contributed by atoms with Crippen molar-refractivity contribution >= 4 is 17.7 Å². The van der Waals surface area contributed by atoms with Crippen molar-refractivity contribution in [3.05, 3.63) is 71.8 Å². The highest BCUT2D eigenvalue weighted by Crippen LogP contribution is 2.23. The first kappa shape index (κ1) is 20.9. The number of rotatable bonds is 9. The van der Waals surface area contributed by atoms with Crippen molar-refractivity contribution in [1.29, 1.82) is 0 Å². The fraction of sp³-hybridized carbons (Fsp3) is 0.286. The van der Waals surface area contributed by atoms with E-state index in [-0.39, 0.29) is 23.6 Å². The summed E-state index contributed by atoms with van der Waals surface area (Å²) >= 11 is 1.32. The molecule has 6 nitrogen and oxygen atoms in total. The smallest absolute Gasteiger partial charge is 0.230 e. The van der Waals surface area contributed by atoms with Gasteiger partial charge in [0.25, 0.3) is 0 Å². The normalized spacial score (nSPS) is 11.8. The van der Waals surface area contributed by atoms with E-state index in [9.17, 15) is 9.18 Å². The summed E-state index contributed by atoms with van der Waals surface area (Å²) in [6.07, 6.45) is 0.427. The van der Waals surface area contributed by atoms with Gasteiger partial charge >= 0.3 is 0 Å². The second-order valence-corrected chi connectivity index (χ2v) is 7.43. The van der Waals surface area contributed by atoms with Crippen molar-refractivity contribution in [3.8, 4) is 5.75 Å². The molecule has 152 valence electrons. The second kappa shape index (κ2) is 10.1. The van der Waals surface area contributed by atoms with E-state index in [2.05, 4.69) is 15.5 Å². The molecule has 1 aromatic heterocycles. The molecule has 0 radical (unpaired) electrons. The number of thioether (sulfide) groups is 1. The molecule has 1 amide bonds. The van der Waals surface area contributed by atoms with Crippen LogP contribution in [-0.4, -0.2) is 33.0 Å². The SMILES string of the molecule is CC(Oc1ccc(F)cc1)c1nnc(SCC(=O)NCCc2ccccc2)n1C. The number of carbonyl (C=O) groups is 1. The molecule has 0 saturated carbocycles. The summed E-state index contributed by atoms with van der Waals surface area (Å²) in [5.41, 5.74) is 1.19. The summed E-state index contributed by atoms with van der Waals surface area (Å²) in [6, 6.07) is 15.8. The molecular formula is C21H23FN4O2S. The molecule has 8 heteroatoms. The van der Waals surface area contributed by atoms with Gasteiger partial charge in [0, 0.05) is 13.6 Å². The van der Waals surface area contributed by atoms with Gasteiger partial charge in [0.15, 0.2) is 17.1 Å². The van der Waals surface area contributed by atoms with Crippen molar-refractivity contribution < 1.29 is 13.9 Å². The molecule has 0 aliphatic heterocycles. The number of ether oxygens (including phenoxy) is 1. The van der Waals surface area contributed by atoms with Crippen molar-refractivity contribution in [3.63, 3.8) is 0 Å². The van der Waals surface area contributed by atoms with Crippen LogP contribution >= 0.6 is 11.8 Å². The van der Waals surface area contributed by atoms with Crippen LogP contribution in [-0.2, 0) is 18.3 Å². The number of carbonyl (C=O) groups excluding carboxylic acids is 1. The Morgan fingerprint density at radius 1 is 1.17 bits per heavy atom. The molecule has 29 heavy (non-hydrogen) atoms. The first-order valence-electron chi connectivity index (χ1n) is 9.28. The lowest BCUT2D eigenvalue weighted by Gasteiger charge is -2.14. The largest absolute Gasteiger partial charge is 0.483 e. The number of amides is 1. The molecule has 0 aliphatic carbocycles. The van der Waals surface area contributed by atoms with Crippen molar-refractivity contribution in [2.45, 2.75) is 24.6 Å². The topological polar surface area (TPSA) is 69.0 Å². The zero-order chi connectivity index (χ0) is 20.6. The van der Waals surface area contributed by atoms with Gasteiger partial charge in [-0.3, -0.25) is 4.79 Å². The Balaban J connectivity index is 1.47. The molecule has 1 unspecified atom stereocenters. The van der Waals surface area contributed by atoms with E-state index in [1.54, 1.807) is 16.7 Å². The number of nitrogens with one attached hydrogen (secondary N) is 1. The summed E-state index contributed by atoms with van der Waals surface area (Å²) in [5.74, 6) is 1.07. The van der Waals surface area contributed by atoms with Crippen molar-refractivity contribution in [2.75, 3.05) is 12.3 Å². The van der Waals surface area contributed by atoms with Crippen LogP contribution in [0.1, 0.15) is 24.4 Å². The highest BCUT2D eigenvalue weighted by atomic mass is 32.2. The Morgan fingerprint density at radius 2 is 1.90 bits per heavy atom. The number of hydrogen-bond donors (Lipinski definition) is 1. The van der Waals surface area contributed by atoms with E-state index in [1.807, 2.05) is 44.3 Å². The highest BCUT2D eigenvalue weighted by molar-refractivity contribution is 7.99. The monoisotopic (exact) mass is 414 g/mol. The van der Waals surface area contributed by atoms with E-state index in [0.717, 1.165) is 6.42 Å². The second-order valence-electron chi connectivity index (χ2n) is 6.49. The lowest BCUT2D eigenvalue weighted by molar-refractivity contribution is -0.118. The van der Waals surface area contributed by atoms with Crippen LogP contribution < -0.4 is 10.1 Å². The lowest BCUT2D eigenvalue weighted by atomic mass is 10.1. The summed E-state index contributed by atoms with van der Waals surface area (Å²) < 4.78 is 20.6. The zero-order valence-electron chi connectivity index (χ0n) is 16.3. The number of halogens is 1. The summed E-state index contributed by atoms with van der Waals surface area (Å²) in [6.45, 7) is 2.44. The molecule has 3 aromatic rings. The van der Waals surface area contributed by atoms with Gasteiger partial charge < -0.3 is 14.6 Å². The third-order valence-electron chi connectivity index (χ3n) is 4.27. The molecule has 0 bridgehead atoms. The van der Waals surface area contributed by atoms with Crippen LogP contribution in [0.15, 0.2) is 59.8 Å². The maximum absolute atomic E-state index is 13.0. The molecule has 1 heterocycles. The molecule has 1 atom stereocenters. The highest BCUT2D eigenvalue weighted by Gasteiger charge is 2.18. The van der Waals surface area contributed by atoms with E-state index >= 15 is 0 Å². The van der Waals surface area contributed by atoms with Crippen LogP contribution in [0.5, 0.6) is 5.75 Å². The van der Waals surface area contributed by atoms with Crippen LogP contribution in [0, 0.1) is 5.82 Å². The zero-order valence-corrected chi connectivity index (χ0v) is 17.2. The van der Waals surface area contributed by atoms with Gasteiger partial charge in [-0.2, -0.15) is 0 Å². The Labute approximate surface area is 173 Å². The minimum absolute atomic E-state index is 0.0499. The predicted molar refractivity (Wildman–Crippen MR) is 110 cm³/mol. The average molecular weight is 415 g/mol. The van der Waals surface area contributed by atoms with Crippen LogP contribution in [0.2, 0.25) is 0 Å². The average Bonchev–Trinajstić information content (AvgIpc) is 3.09. The predicted octanol–water partition coefficient (Wildman–Crippen LogP) is 3.55. The van der Waals surface area contributed by atoms with Gasteiger partial charge in [0.05, 0.1) is 5.75 Å². The third-order valence-corrected chi connectivity index (χ3v) is 5.29. The maximum Gasteiger partial charge on any atom is 0.230 e. The molecule has 2 aromatic carbocycles. The molecular weight excluding hydrogens is 391 g/mol. The van der Waals surface area contributed by atoms with E-state index < -0.39 is 0 Å². The van der Waals surface area contributed by atoms with Gasteiger partial charge in [-0.05, 0) is 43.2 Å². The Morgan fingerprint density at radius 3 is 2.62 bits per heavy atom. The first-order valence-corrected chi connectivity index (χ1v) is 10.3. The van der Waals surface area contributed by atoms with Crippen LogP contribution in [0.4, 0.5) is 4.39 Å². The fourth-order valence-electron chi connectivity index (χ4n) is 2.75. The Kier molecular flexibility index (Phi) is 7.24. The standard InChI is InChI=1S/C21H23FN4O2S/c1-15(28-18-10-8-17(22)9-11-18)20-24-25-21(26(20)2)29-14-19(27)23-13-12-16-6-4-3-5-7-16/h3-11,15H,12-14H2,1-2H3,(H,23,27). The molecule has 3 rings (SSSR count).